The minimum Gasteiger partial charge on any atom is -0.379 e. The fourth-order valence-electron chi connectivity index (χ4n) is 2.86. The smallest absolute Gasteiger partial charge is 0.379 e. The van der Waals surface area contributed by atoms with Crippen LogP contribution in [0.1, 0.15) is 19.3 Å². The van der Waals surface area contributed by atoms with Crippen LogP contribution >= 0.6 is 0 Å². The molecule has 1 saturated heterocycles. The molecular formula is C16H31F3N4O3S. The Kier molecular flexibility index (Phi) is 10.4. The summed E-state index contributed by atoms with van der Waals surface area (Å²) in [6, 6.07) is 0. The van der Waals surface area contributed by atoms with Gasteiger partial charge in [-0.15, -0.1) is 0 Å². The van der Waals surface area contributed by atoms with Crippen molar-refractivity contribution in [3.05, 3.63) is 0 Å². The molecule has 0 aliphatic carbocycles. The number of hydrogen-bond acceptors (Lipinski definition) is 5. The first-order chi connectivity index (χ1) is 12.6. The van der Waals surface area contributed by atoms with Crippen LogP contribution in [0.4, 0.5) is 13.2 Å². The average molecular weight is 417 g/mol. The molecule has 0 radical (unpaired) electrons. The maximum atomic E-state index is 12.4. The molecule has 0 aromatic carbocycles. The van der Waals surface area contributed by atoms with Crippen LogP contribution in [-0.4, -0.2) is 90.4 Å². The van der Waals surface area contributed by atoms with Gasteiger partial charge in [0, 0.05) is 26.4 Å². The second-order valence-electron chi connectivity index (χ2n) is 6.79. The van der Waals surface area contributed by atoms with Gasteiger partial charge >= 0.3 is 6.18 Å². The van der Waals surface area contributed by atoms with Gasteiger partial charge in [0.25, 0.3) is 0 Å². The van der Waals surface area contributed by atoms with Crippen molar-refractivity contribution in [2.45, 2.75) is 25.4 Å². The van der Waals surface area contributed by atoms with E-state index in [0.717, 1.165) is 19.3 Å². The van der Waals surface area contributed by atoms with Gasteiger partial charge in [0.15, 0.2) is 5.96 Å². The molecular weight excluding hydrogens is 385 g/mol. The number of aliphatic imine (C=N–C) groups is 1. The van der Waals surface area contributed by atoms with Gasteiger partial charge in [-0.2, -0.15) is 13.2 Å². The van der Waals surface area contributed by atoms with Crippen LogP contribution in [0.2, 0.25) is 0 Å². The lowest BCUT2D eigenvalue weighted by Crippen LogP contribution is -2.42. The van der Waals surface area contributed by atoms with E-state index in [9.17, 15) is 21.6 Å². The number of likely N-dealkylation sites (tertiary alicyclic amines) is 1. The topological polar surface area (TPSA) is 83.0 Å². The third-order valence-electron chi connectivity index (χ3n) is 4.32. The summed E-state index contributed by atoms with van der Waals surface area (Å²) in [5, 5.41) is 6.24. The van der Waals surface area contributed by atoms with Crippen LogP contribution in [0, 0.1) is 5.92 Å². The third-order valence-corrected chi connectivity index (χ3v) is 5.22. The quantitative estimate of drug-likeness (QED) is 0.313. The van der Waals surface area contributed by atoms with Gasteiger partial charge < -0.3 is 15.4 Å². The molecule has 0 aromatic rings. The molecule has 27 heavy (non-hydrogen) atoms. The molecule has 2 N–H and O–H groups in total. The highest BCUT2D eigenvalue weighted by atomic mass is 32.2. The lowest BCUT2D eigenvalue weighted by molar-refractivity contribution is -0.148. The van der Waals surface area contributed by atoms with Gasteiger partial charge in [-0.05, 0) is 38.3 Å². The van der Waals surface area contributed by atoms with Gasteiger partial charge in [-0.3, -0.25) is 9.89 Å². The van der Waals surface area contributed by atoms with E-state index in [-0.39, 0.29) is 12.4 Å². The van der Waals surface area contributed by atoms with Crippen molar-refractivity contribution in [2.24, 2.45) is 10.9 Å². The number of ether oxygens (including phenoxy) is 1. The standard InChI is InChI=1S/C16H31F3N4O3S/c1-20-15(22-7-10-26-11-12-27(2,24)25)21-6-3-14-4-8-23(9-5-14)13-16(17,18)19/h14H,3-13H2,1-2H3,(H2,20,21,22). The van der Waals surface area contributed by atoms with Crippen LogP contribution in [0.5, 0.6) is 0 Å². The molecule has 0 amide bonds. The Morgan fingerprint density at radius 2 is 1.81 bits per heavy atom. The summed E-state index contributed by atoms with van der Waals surface area (Å²) in [4.78, 5) is 5.56. The molecule has 7 nitrogen and oxygen atoms in total. The molecule has 0 aromatic heterocycles. The molecule has 0 unspecified atom stereocenters. The Morgan fingerprint density at radius 3 is 2.37 bits per heavy atom. The van der Waals surface area contributed by atoms with Crippen molar-refractivity contribution in [3.8, 4) is 0 Å². The van der Waals surface area contributed by atoms with Gasteiger partial charge in [-0.25, -0.2) is 8.42 Å². The number of sulfone groups is 1. The van der Waals surface area contributed by atoms with Crippen LogP contribution in [0.3, 0.4) is 0 Å². The van der Waals surface area contributed by atoms with Gasteiger partial charge in [-0.1, -0.05) is 0 Å². The Balaban J connectivity index is 2.09. The highest BCUT2D eigenvalue weighted by molar-refractivity contribution is 7.90. The molecule has 1 aliphatic heterocycles. The molecule has 0 bridgehead atoms. The number of piperidine rings is 1. The molecule has 1 fully saturated rings. The van der Waals surface area contributed by atoms with Crippen molar-refractivity contribution in [2.75, 3.05) is 65.0 Å². The molecule has 11 heteroatoms. The summed E-state index contributed by atoms with van der Waals surface area (Å²) in [6.07, 6.45) is -0.525. The van der Waals surface area contributed by atoms with Gasteiger partial charge in [0.05, 0.1) is 25.5 Å². The summed E-state index contributed by atoms with van der Waals surface area (Å²) in [5.74, 6) is 1.04. The van der Waals surface area contributed by atoms with E-state index in [2.05, 4.69) is 15.6 Å². The minimum absolute atomic E-state index is 0.00175. The molecule has 160 valence electrons. The zero-order valence-corrected chi connectivity index (χ0v) is 16.8. The van der Waals surface area contributed by atoms with Crippen LogP contribution in [0.15, 0.2) is 4.99 Å². The third kappa shape index (κ3) is 12.9. The van der Waals surface area contributed by atoms with E-state index < -0.39 is 22.6 Å². The molecule has 1 aliphatic rings. The molecule has 1 heterocycles. The average Bonchev–Trinajstić information content (AvgIpc) is 2.55. The molecule has 1 rings (SSSR count). The SMILES string of the molecule is CN=C(NCCOCCS(C)(=O)=O)NCCC1CCN(CC(F)(F)F)CC1. The zero-order chi connectivity index (χ0) is 20.3. The van der Waals surface area contributed by atoms with Crippen molar-refractivity contribution < 1.29 is 26.3 Å². The number of rotatable bonds is 10. The van der Waals surface area contributed by atoms with Crippen molar-refractivity contribution in [3.63, 3.8) is 0 Å². The van der Waals surface area contributed by atoms with E-state index in [0.29, 0.717) is 44.7 Å². The van der Waals surface area contributed by atoms with Gasteiger partial charge in [0.1, 0.15) is 9.84 Å². The first kappa shape index (κ1) is 24.0. The maximum Gasteiger partial charge on any atom is 0.401 e. The predicted octanol–water partition coefficient (Wildman–Crippen LogP) is 0.877. The second-order valence-corrected chi connectivity index (χ2v) is 9.05. The van der Waals surface area contributed by atoms with E-state index in [4.69, 9.17) is 4.74 Å². The Morgan fingerprint density at radius 1 is 1.19 bits per heavy atom. The van der Waals surface area contributed by atoms with Crippen molar-refractivity contribution in [1.82, 2.24) is 15.5 Å². The first-order valence-electron chi connectivity index (χ1n) is 9.08. The van der Waals surface area contributed by atoms with Gasteiger partial charge in [0.2, 0.25) is 0 Å². The molecule has 0 saturated carbocycles. The number of hydrogen-bond donors (Lipinski definition) is 2. The fraction of sp³-hybridized carbons (Fsp3) is 0.938. The normalized spacial score (nSPS) is 17.9. The number of nitrogens with zero attached hydrogens (tertiary/aromatic N) is 2. The second kappa shape index (κ2) is 11.7. The number of halogens is 3. The van der Waals surface area contributed by atoms with Crippen molar-refractivity contribution in [1.29, 1.82) is 0 Å². The lowest BCUT2D eigenvalue weighted by Gasteiger charge is -2.32. The monoisotopic (exact) mass is 416 g/mol. The molecule has 0 atom stereocenters. The summed E-state index contributed by atoms with van der Waals surface area (Å²) in [6.45, 7) is 1.88. The highest BCUT2D eigenvalue weighted by Gasteiger charge is 2.32. The summed E-state index contributed by atoms with van der Waals surface area (Å²) >= 11 is 0. The van der Waals surface area contributed by atoms with E-state index in [1.54, 1.807) is 7.05 Å². The number of alkyl halides is 3. The Labute approximate surface area is 159 Å². The maximum absolute atomic E-state index is 12.4. The first-order valence-corrected chi connectivity index (χ1v) is 11.1. The summed E-state index contributed by atoms with van der Waals surface area (Å²) in [5.41, 5.74) is 0. The Bertz CT molecular complexity index is 548. The lowest BCUT2D eigenvalue weighted by atomic mass is 9.93. The number of nitrogens with one attached hydrogen (secondary N) is 2. The number of guanidine groups is 1. The van der Waals surface area contributed by atoms with E-state index >= 15 is 0 Å². The van der Waals surface area contributed by atoms with E-state index in [1.807, 2.05) is 0 Å². The zero-order valence-electron chi connectivity index (χ0n) is 16.0. The van der Waals surface area contributed by atoms with E-state index in [1.165, 1.54) is 11.2 Å². The highest BCUT2D eigenvalue weighted by Crippen LogP contribution is 2.23. The summed E-state index contributed by atoms with van der Waals surface area (Å²) < 4.78 is 64.3. The van der Waals surface area contributed by atoms with Crippen LogP contribution in [-0.2, 0) is 14.6 Å². The van der Waals surface area contributed by atoms with Crippen LogP contribution < -0.4 is 10.6 Å². The predicted molar refractivity (Wildman–Crippen MR) is 99.7 cm³/mol. The largest absolute Gasteiger partial charge is 0.401 e. The van der Waals surface area contributed by atoms with Crippen molar-refractivity contribution >= 4 is 15.8 Å². The fourth-order valence-corrected chi connectivity index (χ4v) is 3.28. The molecule has 0 spiro atoms. The summed E-state index contributed by atoms with van der Waals surface area (Å²) in [7, 11) is -1.36. The minimum atomic E-state index is -4.12. The van der Waals surface area contributed by atoms with Crippen LogP contribution in [0.25, 0.3) is 0 Å². The Hall–Kier alpha value is -1.07.